The molecule has 0 rings (SSSR count). The van der Waals surface area contributed by atoms with Crippen molar-refractivity contribution in [3.05, 3.63) is 12.3 Å². The van der Waals surface area contributed by atoms with Crippen LogP contribution in [0, 0.1) is 0 Å². The standard InChI is InChI=1S/C9H22N2Si/c1-5-10-8-11-7-9(3,4)12-6-2/h6,10-11H,2,5,7-8,12H2,1,3-4H3. The molecule has 0 aromatic rings. The molecule has 0 aliphatic rings. The Morgan fingerprint density at radius 3 is 2.58 bits per heavy atom. The van der Waals surface area contributed by atoms with E-state index in [-0.39, 0.29) is 9.52 Å². The van der Waals surface area contributed by atoms with Gasteiger partial charge in [0.25, 0.3) is 0 Å². The Labute approximate surface area is 78.6 Å². The van der Waals surface area contributed by atoms with Crippen LogP contribution in [0.15, 0.2) is 12.3 Å². The fourth-order valence-electron chi connectivity index (χ4n) is 1.08. The van der Waals surface area contributed by atoms with Crippen LogP contribution in [0.3, 0.4) is 0 Å². The summed E-state index contributed by atoms with van der Waals surface area (Å²) in [4.78, 5) is 0. The van der Waals surface area contributed by atoms with Crippen LogP contribution in [-0.2, 0) is 0 Å². The van der Waals surface area contributed by atoms with Gasteiger partial charge in [-0.3, -0.25) is 0 Å². The molecular weight excluding hydrogens is 164 g/mol. The third-order valence-electron chi connectivity index (χ3n) is 1.80. The monoisotopic (exact) mass is 186 g/mol. The number of nitrogens with one attached hydrogen (secondary N) is 2. The van der Waals surface area contributed by atoms with Crippen molar-refractivity contribution in [3.63, 3.8) is 0 Å². The predicted octanol–water partition coefficient (Wildman–Crippen LogP) is 0.654. The fraction of sp³-hybridized carbons (Fsp3) is 0.778. The highest BCUT2D eigenvalue weighted by Crippen LogP contribution is 2.20. The van der Waals surface area contributed by atoms with Crippen molar-refractivity contribution < 1.29 is 0 Å². The highest BCUT2D eigenvalue weighted by Gasteiger charge is 2.14. The summed E-state index contributed by atoms with van der Waals surface area (Å²) < 4.78 is 0. The molecule has 0 heterocycles. The summed E-state index contributed by atoms with van der Waals surface area (Å²) in [6.45, 7) is 13.6. The molecule has 0 radical (unpaired) electrons. The SMILES string of the molecule is C=C[SiH2]C(C)(C)CNCNCC. The lowest BCUT2D eigenvalue weighted by atomic mass is 10.2. The van der Waals surface area contributed by atoms with Crippen LogP contribution in [0.2, 0.25) is 5.04 Å². The molecule has 0 aromatic carbocycles. The summed E-state index contributed by atoms with van der Waals surface area (Å²) in [5.74, 6) is 0. The van der Waals surface area contributed by atoms with E-state index in [1.807, 2.05) is 0 Å². The summed E-state index contributed by atoms with van der Waals surface area (Å²) in [5, 5.41) is 7.10. The van der Waals surface area contributed by atoms with Gasteiger partial charge in [-0.15, -0.1) is 12.3 Å². The second-order valence-corrected chi connectivity index (χ2v) is 6.76. The van der Waals surface area contributed by atoms with Crippen LogP contribution in [0.4, 0.5) is 0 Å². The third kappa shape index (κ3) is 6.58. The van der Waals surface area contributed by atoms with Crippen molar-refractivity contribution in [1.29, 1.82) is 0 Å². The lowest BCUT2D eigenvalue weighted by Gasteiger charge is -2.22. The molecule has 0 saturated carbocycles. The second-order valence-electron chi connectivity index (χ2n) is 3.86. The normalized spacial score (nSPS) is 12.6. The molecule has 0 bridgehead atoms. The number of rotatable bonds is 7. The molecule has 0 aromatic heterocycles. The zero-order valence-corrected chi connectivity index (χ0v) is 10.0. The van der Waals surface area contributed by atoms with Gasteiger partial charge in [-0.1, -0.05) is 20.8 Å². The van der Waals surface area contributed by atoms with Gasteiger partial charge in [-0.25, -0.2) is 0 Å². The van der Waals surface area contributed by atoms with Crippen molar-refractivity contribution in [2.75, 3.05) is 19.8 Å². The predicted molar refractivity (Wildman–Crippen MR) is 59.3 cm³/mol. The largest absolute Gasteiger partial charge is 0.305 e. The molecule has 0 atom stereocenters. The average molecular weight is 186 g/mol. The van der Waals surface area contributed by atoms with E-state index < -0.39 is 0 Å². The Morgan fingerprint density at radius 1 is 1.42 bits per heavy atom. The maximum atomic E-state index is 3.81. The van der Waals surface area contributed by atoms with E-state index >= 15 is 0 Å². The molecule has 0 aliphatic carbocycles. The van der Waals surface area contributed by atoms with Crippen LogP contribution in [0.25, 0.3) is 0 Å². The van der Waals surface area contributed by atoms with Gasteiger partial charge in [-0.2, -0.15) is 0 Å². The molecule has 3 heteroatoms. The minimum atomic E-state index is -0.111. The minimum Gasteiger partial charge on any atom is -0.305 e. The van der Waals surface area contributed by atoms with Gasteiger partial charge in [0, 0.05) is 6.67 Å². The highest BCUT2D eigenvalue weighted by molar-refractivity contribution is 6.45. The van der Waals surface area contributed by atoms with Gasteiger partial charge < -0.3 is 10.6 Å². The molecule has 0 unspecified atom stereocenters. The zero-order valence-electron chi connectivity index (χ0n) is 8.61. The van der Waals surface area contributed by atoms with E-state index in [2.05, 4.69) is 43.7 Å². The van der Waals surface area contributed by atoms with Crippen molar-refractivity contribution >= 4 is 9.52 Å². The summed E-state index contributed by atoms with van der Waals surface area (Å²) in [7, 11) is -0.111. The molecule has 12 heavy (non-hydrogen) atoms. The van der Waals surface area contributed by atoms with Crippen molar-refractivity contribution in [1.82, 2.24) is 10.6 Å². The van der Waals surface area contributed by atoms with Crippen LogP contribution in [0.5, 0.6) is 0 Å². The first-order valence-electron chi connectivity index (χ1n) is 4.64. The Balaban J connectivity index is 3.39. The molecular formula is C9H22N2Si. The van der Waals surface area contributed by atoms with Gasteiger partial charge in [-0.05, 0) is 18.1 Å². The number of hydrogen-bond acceptors (Lipinski definition) is 2. The van der Waals surface area contributed by atoms with Gasteiger partial charge in [0.15, 0.2) is 0 Å². The maximum absolute atomic E-state index is 3.81. The van der Waals surface area contributed by atoms with E-state index in [1.165, 1.54) is 0 Å². The van der Waals surface area contributed by atoms with E-state index in [9.17, 15) is 0 Å². The van der Waals surface area contributed by atoms with Crippen LogP contribution in [0.1, 0.15) is 20.8 Å². The Morgan fingerprint density at radius 2 is 2.08 bits per heavy atom. The third-order valence-corrected chi connectivity index (χ3v) is 3.44. The van der Waals surface area contributed by atoms with Gasteiger partial charge >= 0.3 is 0 Å². The lowest BCUT2D eigenvalue weighted by molar-refractivity contribution is 0.532. The van der Waals surface area contributed by atoms with Crippen LogP contribution in [-0.4, -0.2) is 29.3 Å². The molecule has 72 valence electrons. The molecule has 2 N–H and O–H groups in total. The molecule has 0 spiro atoms. The smallest absolute Gasteiger partial charge is 0.0518 e. The molecule has 0 amide bonds. The second kappa shape index (κ2) is 6.40. The Kier molecular flexibility index (Phi) is 6.33. The lowest BCUT2D eigenvalue weighted by Crippen LogP contribution is -2.35. The Bertz CT molecular complexity index is 124. The highest BCUT2D eigenvalue weighted by atomic mass is 28.2. The van der Waals surface area contributed by atoms with Crippen molar-refractivity contribution in [2.24, 2.45) is 0 Å². The van der Waals surface area contributed by atoms with E-state index in [1.54, 1.807) is 0 Å². The van der Waals surface area contributed by atoms with Gasteiger partial charge in [0.1, 0.15) is 0 Å². The zero-order chi connectivity index (χ0) is 9.45. The van der Waals surface area contributed by atoms with Crippen LogP contribution < -0.4 is 10.6 Å². The molecule has 2 nitrogen and oxygen atoms in total. The summed E-state index contributed by atoms with van der Waals surface area (Å²) in [6.07, 6.45) is 0. The quantitative estimate of drug-likeness (QED) is 0.347. The summed E-state index contributed by atoms with van der Waals surface area (Å²) >= 11 is 0. The first-order chi connectivity index (χ1) is 5.62. The average Bonchev–Trinajstić information content (AvgIpc) is 1.98. The minimum absolute atomic E-state index is 0.111. The van der Waals surface area contributed by atoms with Crippen LogP contribution >= 0.6 is 0 Å². The first-order valence-corrected chi connectivity index (χ1v) is 6.17. The maximum Gasteiger partial charge on any atom is 0.0518 e. The van der Waals surface area contributed by atoms with Crippen molar-refractivity contribution in [2.45, 2.75) is 25.8 Å². The van der Waals surface area contributed by atoms with E-state index in [4.69, 9.17) is 0 Å². The van der Waals surface area contributed by atoms with E-state index in [0.717, 1.165) is 19.8 Å². The fourth-order valence-corrected chi connectivity index (χ4v) is 2.18. The summed E-state index contributed by atoms with van der Waals surface area (Å²) in [6, 6.07) is 0. The molecule has 0 saturated heterocycles. The summed E-state index contributed by atoms with van der Waals surface area (Å²) in [5.41, 5.74) is 2.12. The van der Waals surface area contributed by atoms with E-state index in [0.29, 0.717) is 5.04 Å². The number of hydrogen-bond donors (Lipinski definition) is 2. The first kappa shape index (κ1) is 11.9. The molecule has 0 aliphatic heterocycles. The topological polar surface area (TPSA) is 24.1 Å². The Hall–Kier alpha value is -0.123. The van der Waals surface area contributed by atoms with Gasteiger partial charge in [0.2, 0.25) is 0 Å². The van der Waals surface area contributed by atoms with Crippen molar-refractivity contribution in [3.8, 4) is 0 Å². The van der Waals surface area contributed by atoms with Gasteiger partial charge in [0.05, 0.1) is 9.52 Å². The molecule has 0 fully saturated rings.